The average Bonchev–Trinajstić information content (AvgIpc) is 2.75. The molecular weight excluding hydrogens is 286 g/mol. The largest absolute Gasteiger partial charge is 0.316 e. The number of aryl methyl sites for hydroxylation is 1. The molecule has 0 aliphatic carbocycles. The van der Waals surface area contributed by atoms with Gasteiger partial charge in [-0.2, -0.15) is 5.26 Å². The predicted molar refractivity (Wildman–Crippen MR) is 70.0 cm³/mol. The van der Waals surface area contributed by atoms with Crippen LogP contribution >= 0.6 is 11.3 Å². The zero-order chi connectivity index (χ0) is 14.0. The summed E-state index contributed by atoms with van der Waals surface area (Å²) >= 11 is 1.15. The van der Waals surface area contributed by atoms with E-state index in [1.165, 1.54) is 6.20 Å². The first kappa shape index (κ1) is 13.4. The maximum atomic E-state index is 11.4. The van der Waals surface area contributed by atoms with Crippen LogP contribution in [0.1, 0.15) is 10.6 Å². The fourth-order valence-corrected chi connectivity index (χ4v) is 2.46. The molecule has 2 aromatic rings. The molecular formula is C10H9N5O2S2. The Hall–Kier alpha value is -2.05. The molecule has 0 unspecified atom stereocenters. The van der Waals surface area contributed by atoms with Crippen LogP contribution in [0.3, 0.4) is 0 Å². The van der Waals surface area contributed by atoms with Gasteiger partial charge in [-0.15, -0.1) is 0 Å². The van der Waals surface area contributed by atoms with E-state index in [4.69, 9.17) is 5.26 Å². The van der Waals surface area contributed by atoms with Crippen LogP contribution in [-0.4, -0.2) is 29.6 Å². The molecule has 0 aliphatic heterocycles. The van der Waals surface area contributed by atoms with E-state index in [2.05, 4.69) is 20.3 Å². The van der Waals surface area contributed by atoms with Crippen molar-refractivity contribution in [2.24, 2.45) is 0 Å². The van der Waals surface area contributed by atoms with Gasteiger partial charge in [0.25, 0.3) is 0 Å². The van der Waals surface area contributed by atoms with Crippen molar-refractivity contribution in [2.45, 2.75) is 12.1 Å². The van der Waals surface area contributed by atoms with Crippen LogP contribution in [0, 0.1) is 18.3 Å². The third-order valence-electron chi connectivity index (χ3n) is 2.02. The molecule has 0 radical (unpaired) electrons. The monoisotopic (exact) mass is 295 g/mol. The van der Waals surface area contributed by atoms with Gasteiger partial charge in [-0.05, 0) is 6.92 Å². The maximum absolute atomic E-state index is 11.4. The Morgan fingerprint density at radius 2 is 2.16 bits per heavy atom. The summed E-state index contributed by atoms with van der Waals surface area (Å²) in [4.78, 5) is 12.2. The van der Waals surface area contributed by atoms with E-state index in [0.29, 0.717) is 21.5 Å². The summed E-state index contributed by atoms with van der Waals surface area (Å²) in [6.07, 6.45) is 2.47. The van der Waals surface area contributed by atoms with Crippen molar-refractivity contribution in [2.75, 3.05) is 11.6 Å². The number of nitrogens with one attached hydrogen (secondary N) is 1. The molecule has 0 atom stereocenters. The van der Waals surface area contributed by atoms with Crippen molar-refractivity contribution in [3.8, 4) is 6.07 Å². The van der Waals surface area contributed by atoms with E-state index < -0.39 is 9.84 Å². The van der Waals surface area contributed by atoms with Gasteiger partial charge in [0.15, 0.2) is 5.13 Å². The molecule has 0 spiro atoms. The van der Waals surface area contributed by atoms with Crippen LogP contribution in [0.5, 0.6) is 0 Å². The summed E-state index contributed by atoms with van der Waals surface area (Å²) in [5, 5.41) is 11.8. The lowest BCUT2D eigenvalue weighted by Crippen LogP contribution is -2.07. The van der Waals surface area contributed by atoms with Crippen molar-refractivity contribution < 1.29 is 8.42 Å². The van der Waals surface area contributed by atoms with E-state index in [1.54, 1.807) is 13.0 Å². The second-order valence-electron chi connectivity index (χ2n) is 3.72. The molecule has 0 bridgehead atoms. The molecule has 9 heteroatoms. The Bertz CT molecular complexity index is 760. The van der Waals surface area contributed by atoms with Gasteiger partial charge in [0.1, 0.15) is 16.8 Å². The number of hydrogen-bond donors (Lipinski definition) is 1. The third kappa shape index (κ3) is 3.24. The Labute approximate surface area is 113 Å². The van der Waals surface area contributed by atoms with Gasteiger partial charge in [-0.25, -0.2) is 23.4 Å². The minimum absolute atomic E-state index is 0.243. The molecule has 19 heavy (non-hydrogen) atoms. The second kappa shape index (κ2) is 4.91. The summed E-state index contributed by atoms with van der Waals surface area (Å²) in [5.74, 6) is 0.326. The summed E-state index contributed by atoms with van der Waals surface area (Å²) < 4.78 is 22.9. The average molecular weight is 295 g/mol. The van der Waals surface area contributed by atoms with E-state index in [-0.39, 0.29) is 5.16 Å². The molecule has 0 aromatic carbocycles. The molecule has 0 aliphatic rings. The van der Waals surface area contributed by atoms with Gasteiger partial charge in [0, 0.05) is 18.0 Å². The first-order valence-corrected chi connectivity index (χ1v) is 7.78. The van der Waals surface area contributed by atoms with Gasteiger partial charge in [-0.3, -0.25) is 0 Å². The molecule has 0 saturated heterocycles. The van der Waals surface area contributed by atoms with Gasteiger partial charge in [0.2, 0.25) is 15.0 Å². The zero-order valence-corrected chi connectivity index (χ0v) is 11.7. The van der Waals surface area contributed by atoms with Crippen LogP contribution < -0.4 is 5.32 Å². The Kier molecular flexibility index (Phi) is 3.46. The molecule has 1 N–H and O–H groups in total. The first-order chi connectivity index (χ1) is 8.88. The number of thiazole rings is 1. The number of rotatable bonds is 3. The van der Waals surface area contributed by atoms with Crippen molar-refractivity contribution in [1.29, 1.82) is 5.26 Å². The van der Waals surface area contributed by atoms with E-state index in [1.807, 2.05) is 6.07 Å². The SMILES string of the molecule is Cc1cc(Nc2ncc(C#N)s2)nc(S(C)(=O)=O)n1. The van der Waals surface area contributed by atoms with E-state index in [9.17, 15) is 8.42 Å². The quantitative estimate of drug-likeness (QED) is 0.849. The minimum atomic E-state index is -3.47. The normalized spacial score (nSPS) is 11.0. The summed E-state index contributed by atoms with van der Waals surface area (Å²) in [7, 11) is -3.47. The summed E-state index contributed by atoms with van der Waals surface area (Å²) in [6, 6.07) is 3.57. The highest BCUT2D eigenvalue weighted by molar-refractivity contribution is 7.90. The van der Waals surface area contributed by atoms with Gasteiger partial charge < -0.3 is 5.32 Å². The van der Waals surface area contributed by atoms with Crippen LogP contribution in [0.2, 0.25) is 0 Å². The topological polar surface area (TPSA) is 109 Å². The lowest BCUT2D eigenvalue weighted by atomic mass is 10.4. The maximum Gasteiger partial charge on any atom is 0.248 e. The highest BCUT2D eigenvalue weighted by atomic mass is 32.2. The number of anilines is 2. The lowest BCUT2D eigenvalue weighted by molar-refractivity contribution is 0.592. The molecule has 2 aromatic heterocycles. The molecule has 2 heterocycles. The molecule has 7 nitrogen and oxygen atoms in total. The molecule has 2 rings (SSSR count). The standard InChI is InChI=1S/C10H9N5O2S2/c1-6-3-8(15-10(13-6)19(2,16)17)14-9-12-5-7(4-11)18-9/h3,5H,1-2H3,(H,12,13,14,15). The Morgan fingerprint density at radius 3 is 2.74 bits per heavy atom. The first-order valence-electron chi connectivity index (χ1n) is 5.07. The zero-order valence-electron chi connectivity index (χ0n) is 10.1. The number of aromatic nitrogens is 3. The fourth-order valence-electron chi connectivity index (χ4n) is 1.26. The Morgan fingerprint density at radius 1 is 1.42 bits per heavy atom. The van der Waals surface area contributed by atoms with Crippen LogP contribution in [-0.2, 0) is 9.84 Å². The van der Waals surface area contributed by atoms with Crippen LogP contribution in [0.25, 0.3) is 0 Å². The van der Waals surface area contributed by atoms with Gasteiger partial charge in [-0.1, -0.05) is 11.3 Å². The highest BCUT2D eigenvalue weighted by Crippen LogP contribution is 2.21. The van der Waals surface area contributed by atoms with E-state index >= 15 is 0 Å². The minimum Gasteiger partial charge on any atom is -0.316 e. The number of hydrogen-bond acceptors (Lipinski definition) is 8. The fraction of sp³-hybridized carbons (Fsp3) is 0.200. The second-order valence-corrected chi connectivity index (χ2v) is 6.66. The molecule has 98 valence electrons. The van der Waals surface area contributed by atoms with Crippen molar-refractivity contribution >= 4 is 32.1 Å². The number of sulfone groups is 1. The lowest BCUT2D eigenvalue weighted by Gasteiger charge is -2.04. The van der Waals surface area contributed by atoms with Crippen molar-refractivity contribution in [1.82, 2.24) is 15.0 Å². The van der Waals surface area contributed by atoms with Crippen LogP contribution in [0.4, 0.5) is 10.9 Å². The van der Waals surface area contributed by atoms with Crippen molar-refractivity contribution in [3.05, 3.63) is 22.8 Å². The predicted octanol–water partition coefficient (Wildman–Crippen LogP) is 1.26. The third-order valence-corrected chi connectivity index (χ3v) is 3.68. The van der Waals surface area contributed by atoms with Crippen molar-refractivity contribution in [3.63, 3.8) is 0 Å². The smallest absolute Gasteiger partial charge is 0.248 e. The Balaban J connectivity index is 2.36. The van der Waals surface area contributed by atoms with Gasteiger partial charge >= 0.3 is 0 Å². The molecule has 0 saturated carbocycles. The number of nitriles is 1. The summed E-state index contributed by atoms with van der Waals surface area (Å²) in [6.45, 7) is 1.67. The van der Waals surface area contributed by atoms with E-state index in [0.717, 1.165) is 17.6 Å². The molecule has 0 amide bonds. The van der Waals surface area contributed by atoms with Gasteiger partial charge in [0.05, 0.1) is 6.20 Å². The summed E-state index contributed by atoms with van der Waals surface area (Å²) in [5.41, 5.74) is 0.523. The highest BCUT2D eigenvalue weighted by Gasteiger charge is 2.13. The number of nitrogens with zero attached hydrogens (tertiary/aromatic N) is 4. The van der Waals surface area contributed by atoms with Crippen LogP contribution in [0.15, 0.2) is 17.4 Å². The molecule has 0 fully saturated rings.